The first-order valence-corrected chi connectivity index (χ1v) is 10.3. The summed E-state index contributed by atoms with van der Waals surface area (Å²) in [5.41, 5.74) is 3.64. The van der Waals surface area contributed by atoms with E-state index in [1.165, 1.54) is 5.56 Å². The largest absolute Gasteiger partial charge is 0.497 e. The molecule has 5 heteroatoms. The van der Waals surface area contributed by atoms with Gasteiger partial charge < -0.3 is 15.4 Å². The number of allylic oxidation sites excluding steroid dienone is 1. The zero-order valence-corrected chi connectivity index (χ0v) is 18.3. The fourth-order valence-corrected chi connectivity index (χ4v) is 3.68. The molecule has 2 saturated carbocycles. The van der Waals surface area contributed by atoms with Gasteiger partial charge in [-0.05, 0) is 84.2 Å². The molecule has 0 bridgehead atoms. The van der Waals surface area contributed by atoms with Crippen LogP contribution in [0.25, 0.3) is 0 Å². The Morgan fingerprint density at radius 2 is 1.72 bits per heavy atom. The van der Waals surface area contributed by atoms with E-state index in [-0.39, 0.29) is 17.0 Å². The number of aliphatic imine (C=N–C) groups is 1. The summed E-state index contributed by atoms with van der Waals surface area (Å²) in [6, 6.07) is 8.07. The van der Waals surface area contributed by atoms with Crippen molar-refractivity contribution in [2.75, 3.05) is 7.11 Å². The third-order valence-electron chi connectivity index (χ3n) is 5.97. The zero-order chi connectivity index (χ0) is 21.2. The lowest BCUT2D eigenvalue weighted by Crippen LogP contribution is -2.40. The average molecular weight is 396 g/mol. The van der Waals surface area contributed by atoms with Gasteiger partial charge in [-0.3, -0.25) is 4.79 Å². The predicted octanol–water partition coefficient (Wildman–Crippen LogP) is 4.30. The summed E-state index contributed by atoms with van der Waals surface area (Å²) < 4.78 is 5.23. The van der Waals surface area contributed by atoms with E-state index in [2.05, 4.69) is 41.4 Å². The molecule has 2 N–H and O–H groups in total. The van der Waals surface area contributed by atoms with Gasteiger partial charge in [-0.1, -0.05) is 17.7 Å². The summed E-state index contributed by atoms with van der Waals surface area (Å²) in [4.78, 5) is 17.4. The summed E-state index contributed by atoms with van der Waals surface area (Å²) in [6.07, 6.45) is 5.03. The van der Waals surface area contributed by atoms with Crippen molar-refractivity contribution in [2.24, 2.45) is 4.99 Å². The van der Waals surface area contributed by atoms with Crippen molar-refractivity contribution in [2.45, 2.75) is 70.9 Å². The second-order valence-electron chi connectivity index (χ2n) is 8.95. The molecular weight excluding hydrogens is 362 g/mol. The molecule has 0 aromatic heterocycles. The quantitative estimate of drug-likeness (QED) is 0.372. The highest BCUT2D eigenvalue weighted by Crippen LogP contribution is 2.40. The van der Waals surface area contributed by atoms with Gasteiger partial charge in [-0.25, -0.2) is 4.99 Å². The Kier molecular flexibility index (Phi) is 5.87. The lowest BCUT2D eigenvalue weighted by Gasteiger charge is -2.22. The molecule has 1 aromatic rings. The SMILES string of the molecule is C=N/C(NC1(C)CC1)=C(\C)C(C(=O)NC1(Cc2ccc(OC)cc2)CC1)=C(C)C. The average Bonchev–Trinajstić information content (AvgIpc) is 3.59. The molecule has 5 nitrogen and oxygen atoms in total. The second kappa shape index (κ2) is 8.05. The molecule has 2 aliphatic rings. The van der Waals surface area contributed by atoms with Crippen LogP contribution in [0.3, 0.4) is 0 Å². The van der Waals surface area contributed by atoms with Crippen LogP contribution in [0, 0.1) is 0 Å². The smallest absolute Gasteiger partial charge is 0.252 e. The number of hydrogen-bond acceptors (Lipinski definition) is 4. The lowest BCUT2D eigenvalue weighted by atomic mass is 9.99. The minimum Gasteiger partial charge on any atom is -0.497 e. The molecule has 0 unspecified atom stereocenters. The van der Waals surface area contributed by atoms with Crippen molar-refractivity contribution in [1.82, 2.24) is 10.6 Å². The third-order valence-corrected chi connectivity index (χ3v) is 5.97. The van der Waals surface area contributed by atoms with Gasteiger partial charge in [-0.2, -0.15) is 0 Å². The maximum absolute atomic E-state index is 13.3. The third kappa shape index (κ3) is 5.08. The van der Waals surface area contributed by atoms with Crippen LogP contribution < -0.4 is 15.4 Å². The number of carbonyl (C=O) groups excluding carboxylic acids is 1. The van der Waals surface area contributed by atoms with Crippen molar-refractivity contribution >= 4 is 12.6 Å². The summed E-state index contributed by atoms with van der Waals surface area (Å²) in [5, 5.41) is 6.77. The fraction of sp³-hybridized carbons (Fsp3) is 0.500. The highest BCUT2D eigenvalue weighted by Gasteiger charge is 2.44. The Morgan fingerprint density at radius 1 is 1.10 bits per heavy atom. The van der Waals surface area contributed by atoms with Crippen molar-refractivity contribution in [1.29, 1.82) is 0 Å². The number of hydrogen-bond donors (Lipinski definition) is 2. The first kappa shape index (κ1) is 21.2. The van der Waals surface area contributed by atoms with E-state index in [9.17, 15) is 4.79 Å². The Bertz CT molecular complexity index is 853. The number of rotatable bonds is 9. The van der Waals surface area contributed by atoms with Crippen LogP contribution in [0.4, 0.5) is 0 Å². The van der Waals surface area contributed by atoms with Crippen molar-refractivity contribution in [3.05, 3.63) is 52.4 Å². The molecule has 0 atom stereocenters. The number of carbonyl (C=O) groups is 1. The summed E-state index contributed by atoms with van der Waals surface area (Å²) in [7, 11) is 1.67. The first-order chi connectivity index (χ1) is 13.7. The molecule has 156 valence electrons. The zero-order valence-electron chi connectivity index (χ0n) is 18.3. The van der Waals surface area contributed by atoms with Crippen LogP contribution in [0.2, 0.25) is 0 Å². The monoisotopic (exact) mass is 395 g/mol. The van der Waals surface area contributed by atoms with Crippen LogP contribution in [0.5, 0.6) is 5.75 Å². The van der Waals surface area contributed by atoms with Crippen LogP contribution in [-0.4, -0.2) is 30.8 Å². The van der Waals surface area contributed by atoms with E-state index in [1.807, 2.05) is 32.9 Å². The fourth-order valence-electron chi connectivity index (χ4n) is 3.68. The van der Waals surface area contributed by atoms with E-state index in [4.69, 9.17) is 4.74 Å². The number of nitrogens with zero attached hydrogens (tertiary/aromatic N) is 1. The van der Waals surface area contributed by atoms with Crippen LogP contribution in [-0.2, 0) is 11.2 Å². The van der Waals surface area contributed by atoms with E-state index >= 15 is 0 Å². The van der Waals surface area contributed by atoms with Gasteiger partial charge in [0.15, 0.2) is 0 Å². The molecule has 0 heterocycles. The van der Waals surface area contributed by atoms with Gasteiger partial charge in [0.1, 0.15) is 11.6 Å². The molecule has 0 radical (unpaired) electrons. The van der Waals surface area contributed by atoms with E-state index < -0.39 is 0 Å². The minimum absolute atomic E-state index is 0.0302. The van der Waals surface area contributed by atoms with Crippen molar-refractivity contribution in [3.8, 4) is 5.75 Å². The summed E-state index contributed by atoms with van der Waals surface area (Å²) in [5.74, 6) is 1.52. The van der Waals surface area contributed by atoms with Crippen LogP contribution in [0.15, 0.2) is 51.8 Å². The Hall–Kier alpha value is -2.56. The number of benzene rings is 1. The molecule has 1 aromatic carbocycles. The highest BCUT2D eigenvalue weighted by molar-refractivity contribution is 5.99. The first-order valence-electron chi connectivity index (χ1n) is 10.3. The Morgan fingerprint density at radius 3 is 2.17 bits per heavy atom. The van der Waals surface area contributed by atoms with Crippen molar-refractivity contribution < 1.29 is 9.53 Å². The number of amides is 1. The van der Waals surface area contributed by atoms with Crippen LogP contribution in [0.1, 0.15) is 58.9 Å². The Labute approximate surface area is 174 Å². The maximum Gasteiger partial charge on any atom is 0.252 e. The normalized spacial score (nSPS) is 18.8. The number of nitrogens with one attached hydrogen (secondary N) is 2. The van der Waals surface area contributed by atoms with Crippen LogP contribution >= 0.6 is 0 Å². The number of methoxy groups -OCH3 is 1. The minimum atomic E-state index is -0.162. The maximum atomic E-state index is 13.3. The molecule has 2 aliphatic carbocycles. The van der Waals surface area contributed by atoms with Gasteiger partial charge in [0.2, 0.25) is 0 Å². The standard InChI is InChI=1S/C24H33N3O2/c1-16(2)20(17(3)21(25-5)26-23(4)11-12-23)22(28)27-24(13-14-24)15-18-7-9-19(29-6)10-8-18/h7-10,26H,5,11-15H2,1-4,6H3,(H,27,28)/b21-17-. The Balaban J connectivity index is 1.75. The van der Waals surface area contributed by atoms with Gasteiger partial charge in [-0.15, -0.1) is 0 Å². The van der Waals surface area contributed by atoms with Gasteiger partial charge in [0.05, 0.1) is 7.11 Å². The molecular formula is C24H33N3O2. The molecule has 1 amide bonds. The molecule has 0 saturated heterocycles. The molecule has 0 spiro atoms. The number of ether oxygens (including phenoxy) is 1. The summed E-state index contributed by atoms with van der Waals surface area (Å²) >= 11 is 0. The van der Waals surface area contributed by atoms with Gasteiger partial charge >= 0.3 is 0 Å². The molecule has 29 heavy (non-hydrogen) atoms. The van der Waals surface area contributed by atoms with Crippen molar-refractivity contribution in [3.63, 3.8) is 0 Å². The van der Waals surface area contributed by atoms with E-state index in [1.54, 1.807) is 7.11 Å². The summed E-state index contributed by atoms with van der Waals surface area (Å²) in [6.45, 7) is 11.8. The van der Waals surface area contributed by atoms with Gasteiger partial charge in [0.25, 0.3) is 5.91 Å². The van der Waals surface area contributed by atoms with E-state index in [0.29, 0.717) is 11.4 Å². The highest BCUT2D eigenvalue weighted by atomic mass is 16.5. The predicted molar refractivity (Wildman–Crippen MR) is 118 cm³/mol. The second-order valence-corrected chi connectivity index (χ2v) is 8.95. The lowest BCUT2D eigenvalue weighted by molar-refractivity contribution is -0.118. The molecule has 2 fully saturated rings. The molecule has 0 aliphatic heterocycles. The topological polar surface area (TPSA) is 62.7 Å². The van der Waals surface area contributed by atoms with E-state index in [0.717, 1.165) is 49.0 Å². The molecule has 3 rings (SSSR count). The van der Waals surface area contributed by atoms with Gasteiger partial charge in [0, 0.05) is 22.2 Å².